The van der Waals surface area contributed by atoms with Gasteiger partial charge in [0.25, 0.3) is 5.69 Å². The maximum atomic E-state index is 11.1. The molecule has 1 aromatic heterocycles. The summed E-state index contributed by atoms with van der Waals surface area (Å²) in [5.74, 6) is 0.506. The minimum absolute atomic E-state index is 0.0272. The van der Waals surface area contributed by atoms with Crippen LogP contribution in [0.2, 0.25) is 0 Å². The Morgan fingerprint density at radius 1 is 1.14 bits per heavy atom. The van der Waals surface area contributed by atoms with Crippen LogP contribution in [0.15, 0.2) is 52.0 Å². The molecule has 13 heteroatoms. The summed E-state index contributed by atoms with van der Waals surface area (Å²) in [7, 11) is 0. The summed E-state index contributed by atoms with van der Waals surface area (Å²) >= 11 is 3.35. The number of halogens is 1. The summed E-state index contributed by atoms with van der Waals surface area (Å²) < 4.78 is 2.45. The van der Waals surface area contributed by atoms with E-state index in [0.717, 1.165) is 22.3 Å². The van der Waals surface area contributed by atoms with Gasteiger partial charge in [-0.15, -0.1) is 5.10 Å². The van der Waals surface area contributed by atoms with Gasteiger partial charge in [-0.3, -0.25) is 25.7 Å². The minimum Gasteiger partial charge on any atom is -0.272 e. The Morgan fingerprint density at radius 3 is 2.57 bits per heavy atom. The lowest BCUT2D eigenvalue weighted by Crippen LogP contribution is -2.04. The number of anilines is 1. The van der Waals surface area contributed by atoms with Gasteiger partial charge in [-0.05, 0) is 40.8 Å². The molecule has 142 valence electrons. The van der Waals surface area contributed by atoms with Crippen molar-refractivity contribution in [2.24, 2.45) is 5.10 Å². The number of non-ortho nitro benzene ring substituents is 1. The van der Waals surface area contributed by atoms with Crippen LogP contribution >= 0.6 is 15.9 Å². The Bertz CT molecular complexity index is 1050. The molecule has 28 heavy (non-hydrogen) atoms. The minimum atomic E-state index is -0.723. The van der Waals surface area contributed by atoms with Crippen LogP contribution in [0.25, 0.3) is 5.69 Å². The summed E-state index contributed by atoms with van der Waals surface area (Å²) in [5.41, 5.74) is 2.47. The first-order chi connectivity index (χ1) is 13.5. The Hall–Kier alpha value is -3.74. The van der Waals surface area contributed by atoms with E-state index in [0.29, 0.717) is 5.82 Å². The lowest BCUT2D eigenvalue weighted by Gasteiger charge is -2.03. The molecule has 3 aromatic rings. The second-order valence-corrected chi connectivity index (χ2v) is 6.24. The van der Waals surface area contributed by atoms with Crippen LogP contribution in [0.3, 0.4) is 0 Å². The molecule has 12 nitrogen and oxygen atoms in total. The number of nitro groups is 2. The molecule has 0 unspecified atom stereocenters. The summed E-state index contributed by atoms with van der Waals surface area (Å²) in [6.45, 7) is 0. The van der Waals surface area contributed by atoms with E-state index in [-0.39, 0.29) is 17.8 Å². The summed E-state index contributed by atoms with van der Waals surface area (Å²) in [6, 6.07) is 10.6. The summed E-state index contributed by atoms with van der Waals surface area (Å²) in [6.07, 6.45) is 1.68. The summed E-state index contributed by atoms with van der Waals surface area (Å²) in [4.78, 5) is 20.4. The highest BCUT2D eigenvalue weighted by molar-refractivity contribution is 9.10. The lowest BCUT2D eigenvalue weighted by molar-refractivity contribution is -0.393. The fraction of sp³-hybridized carbons (Fsp3) is 0.0667. The second-order valence-electron chi connectivity index (χ2n) is 5.33. The summed E-state index contributed by atoms with van der Waals surface area (Å²) in [5, 5.41) is 37.3. The first-order valence-electron chi connectivity index (χ1n) is 7.69. The number of nitro benzene ring substituents is 2. The van der Waals surface area contributed by atoms with E-state index < -0.39 is 15.5 Å². The third-order valence-electron chi connectivity index (χ3n) is 3.54. The first kappa shape index (κ1) is 19.0. The van der Waals surface area contributed by atoms with Gasteiger partial charge in [0.05, 0.1) is 21.6 Å². The normalized spacial score (nSPS) is 10.9. The SMILES string of the molecule is O=[N+]([O-])c1ccc(N/N=C/Cc2nnnn2-c2ccc(Br)cc2)c([N+](=O)[O-])c1. The van der Waals surface area contributed by atoms with Crippen LogP contribution in [0.4, 0.5) is 17.1 Å². The first-order valence-corrected chi connectivity index (χ1v) is 8.48. The van der Waals surface area contributed by atoms with Crippen molar-refractivity contribution >= 4 is 39.2 Å². The van der Waals surface area contributed by atoms with Crippen molar-refractivity contribution < 1.29 is 9.85 Å². The molecule has 0 saturated heterocycles. The van der Waals surface area contributed by atoms with Crippen LogP contribution in [-0.4, -0.2) is 36.3 Å². The van der Waals surface area contributed by atoms with Gasteiger partial charge in [0.2, 0.25) is 0 Å². The molecule has 0 saturated carbocycles. The van der Waals surface area contributed by atoms with Crippen LogP contribution in [0.5, 0.6) is 0 Å². The molecule has 0 radical (unpaired) electrons. The van der Waals surface area contributed by atoms with Gasteiger partial charge in [-0.2, -0.15) is 9.78 Å². The molecule has 2 aromatic carbocycles. The van der Waals surface area contributed by atoms with Crippen molar-refractivity contribution in [3.8, 4) is 5.69 Å². The number of rotatable bonds is 7. The number of hydrogen-bond acceptors (Lipinski definition) is 9. The average molecular weight is 447 g/mol. The molecule has 0 amide bonds. The zero-order valence-corrected chi connectivity index (χ0v) is 15.6. The predicted octanol–water partition coefficient (Wildman–Crippen LogP) is 2.88. The lowest BCUT2D eigenvalue weighted by atomic mass is 10.2. The van der Waals surface area contributed by atoms with Crippen LogP contribution in [0, 0.1) is 20.2 Å². The zero-order valence-electron chi connectivity index (χ0n) is 14.0. The number of hydrazone groups is 1. The highest BCUT2D eigenvalue weighted by atomic mass is 79.9. The van der Waals surface area contributed by atoms with Crippen LogP contribution in [0.1, 0.15) is 5.82 Å². The number of aromatic nitrogens is 4. The Balaban J connectivity index is 1.72. The molecular weight excluding hydrogens is 436 g/mol. The van der Waals surface area contributed by atoms with Crippen molar-refractivity contribution in [1.82, 2.24) is 20.2 Å². The van der Waals surface area contributed by atoms with Gasteiger partial charge >= 0.3 is 5.69 Å². The highest BCUT2D eigenvalue weighted by Crippen LogP contribution is 2.28. The topological polar surface area (TPSA) is 154 Å². The molecule has 0 aliphatic rings. The molecule has 0 aliphatic heterocycles. The number of benzene rings is 2. The van der Waals surface area contributed by atoms with E-state index >= 15 is 0 Å². The van der Waals surface area contributed by atoms with E-state index in [2.05, 4.69) is 42.0 Å². The molecule has 0 bridgehead atoms. The third kappa shape index (κ3) is 4.32. The Morgan fingerprint density at radius 2 is 1.89 bits per heavy atom. The highest BCUT2D eigenvalue weighted by Gasteiger charge is 2.19. The standard InChI is InChI=1S/C15H11BrN8O4/c16-10-1-3-11(4-2-10)22-15(19-20-21-22)7-8-17-18-13-6-5-12(23(25)26)9-14(13)24(27)28/h1-6,8-9,18H,7H2/b17-8+. The van der Waals surface area contributed by atoms with Gasteiger partial charge in [0.1, 0.15) is 5.69 Å². The van der Waals surface area contributed by atoms with Gasteiger partial charge in [-0.1, -0.05) is 15.9 Å². The van der Waals surface area contributed by atoms with Gasteiger partial charge in [0, 0.05) is 23.2 Å². The van der Waals surface area contributed by atoms with Crippen LogP contribution < -0.4 is 5.43 Å². The maximum absolute atomic E-state index is 11.1. The van der Waals surface area contributed by atoms with Crippen molar-refractivity contribution in [2.45, 2.75) is 6.42 Å². The Kier molecular flexibility index (Phi) is 5.64. The van der Waals surface area contributed by atoms with Crippen molar-refractivity contribution in [3.05, 3.63) is 73.0 Å². The van der Waals surface area contributed by atoms with E-state index in [1.165, 1.54) is 17.0 Å². The molecule has 3 rings (SSSR count). The molecule has 1 N–H and O–H groups in total. The van der Waals surface area contributed by atoms with Crippen LogP contribution in [-0.2, 0) is 6.42 Å². The maximum Gasteiger partial charge on any atom is 0.301 e. The average Bonchev–Trinajstić information content (AvgIpc) is 3.14. The third-order valence-corrected chi connectivity index (χ3v) is 4.07. The molecule has 0 fully saturated rings. The van der Waals surface area contributed by atoms with Gasteiger partial charge < -0.3 is 0 Å². The van der Waals surface area contributed by atoms with E-state index in [9.17, 15) is 20.2 Å². The Labute approximate surface area is 165 Å². The quantitative estimate of drug-likeness (QED) is 0.329. The number of tetrazole rings is 1. The molecular formula is C15H11BrN8O4. The monoisotopic (exact) mass is 446 g/mol. The van der Waals surface area contributed by atoms with Gasteiger partial charge in [0.15, 0.2) is 5.82 Å². The molecule has 0 aliphatic carbocycles. The zero-order chi connectivity index (χ0) is 20.1. The fourth-order valence-electron chi connectivity index (χ4n) is 2.24. The predicted molar refractivity (Wildman–Crippen MR) is 102 cm³/mol. The fourth-order valence-corrected chi connectivity index (χ4v) is 2.50. The van der Waals surface area contributed by atoms with E-state index in [1.54, 1.807) is 0 Å². The second kappa shape index (κ2) is 8.30. The van der Waals surface area contributed by atoms with Crippen molar-refractivity contribution in [2.75, 3.05) is 5.43 Å². The molecule has 0 atom stereocenters. The van der Waals surface area contributed by atoms with E-state index in [1.807, 2.05) is 24.3 Å². The van der Waals surface area contributed by atoms with Crippen molar-refractivity contribution in [1.29, 1.82) is 0 Å². The smallest absolute Gasteiger partial charge is 0.272 e. The number of nitrogens with zero attached hydrogens (tertiary/aromatic N) is 7. The molecule has 1 heterocycles. The number of nitrogens with one attached hydrogen (secondary N) is 1. The van der Waals surface area contributed by atoms with Crippen molar-refractivity contribution in [3.63, 3.8) is 0 Å². The number of hydrogen-bond donors (Lipinski definition) is 1. The largest absolute Gasteiger partial charge is 0.301 e. The van der Waals surface area contributed by atoms with Gasteiger partial charge in [-0.25, -0.2) is 0 Å². The van der Waals surface area contributed by atoms with E-state index in [4.69, 9.17) is 0 Å². The molecule has 0 spiro atoms.